The number of carbonyl (C=O) groups excluding carboxylic acids is 1. The molecule has 1 aliphatic rings. The molecule has 0 bridgehead atoms. The van der Waals surface area contributed by atoms with Crippen molar-refractivity contribution in [2.45, 2.75) is 18.5 Å². The van der Waals surface area contributed by atoms with Gasteiger partial charge in [-0.1, -0.05) is 30.0 Å². The number of para-hydroxylation sites is 1. The third kappa shape index (κ3) is 4.12. The Morgan fingerprint density at radius 1 is 1.11 bits per heavy atom. The van der Waals surface area contributed by atoms with Crippen LogP contribution in [0.2, 0.25) is 0 Å². The molecule has 0 saturated carbocycles. The van der Waals surface area contributed by atoms with E-state index in [9.17, 15) is 4.79 Å². The highest BCUT2D eigenvalue weighted by Gasteiger charge is 2.14. The molecule has 2 heterocycles. The smallest absolute Gasteiger partial charge is 0.225 e. The monoisotopic (exact) mass is 396 g/mol. The summed E-state index contributed by atoms with van der Waals surface area (Å²) < 4.78 is 13.0. The number of fused-ring (bicyclic) bond motifs is 1. The molecule has 3 aromatic rings. The molecule has 2 aromatic carbocycles. The highest BCUT2D eigenvalue weighted by atomic mass is 32.2. The topological polar surface area (TPSA) is 78.3 Å². The van der Waals surface area contributed by atoms with Gasteiger partial charge in [-0.3, -0.25) is 9.36 Å². The molecule has 1 amide bonds. The van der Waals surface area contributed by atoms with Gasteiger partial charge in [0, 0.05) is 29.6 Å². The molecule has 0 aliphatic carbocycles. The van der Waals surface area contributed by atoms with Crippen molar-refractivity contribution in [2.75, 3.05) is 24.3 Å². The molecule has 4 rings (SSSR count). The van der Waals surface area contributed by atoms with Gasteiger partial charge in [0.2, 0.25) is 5.91 Å². The number of nitrogens with zero attached hydrogens (tertiary/aromatic N) is 3. The predicted molar refractivity (Wildman–Crippen MR) is 107 cm³/mol. The van der Waals surface area contributed by atoms with Crippen molar-refractivity contribution in [3.63, 3.8) is 0 Å². The van der Waals surface area contributed by atoms with Crippen molar-refractivity contribution in [2.24, 2.45) is 0 Å². The van der Waals surface area contributed by atoms with Crippen LogP contribution in [-0.4, -0.2) is 39.6 Å². The van der Waals surface area contributed by atoms with Gasteiger partial charge in [-0.2, -0.15) is 0 Å². The molecule has 28 heavy (non-hydrogen) atoms. The second-order valence-corrected chi connectivity index (χ2v) is 7.27. The summed E-state index contributed by atoms with van der Waals surface area (Å²) >= 11 is 1.51. The number of nitrogens with one attached hydrogen (secondary N) is 1. The molecule has 0 radical (unpaired) electrons. The van der Waals surface area contributed by atoms with Crippen molar-refractivity contribution < 1.29 is 14.3 Å². The molecule has 1 N–H and O–H groups in total. The Labute approximate surface area is 167 Å². The van der Waals surface area contributed by atoms with Crippen LogP contribution in [0.4, 0.5) is 5.69 Å². The maximum atomic E-state index is 12.3. The van der Waals surface area contributed by atoms with E-state index in [2.05, 4.69) is 15.5 Å². The Morgan fingerprint density at radius 3 is 2.71 bits per heavy atom. The van der Waals surface area contributed by atoms with E-state index in [1.165, 1.54) is 11.8 Å². The summed E-state index contributed by atoms with van der Waals surface area (Å²) in [6.45, 7) is 2.98. The summed E-state index contributed by atoms with van der Waals surface area (Å²) in [6, 6.07) is 15.4. The first-order valence-corrected chi connectivity index (χ1v) is 9.99. The van der Waals surface area contributed by atoms with Crippen LogP contribution in [0.15, 0.2) is 53.7 Å². The fourth-order valence-electron chi connectivity index (χ4n) is 2.89. The van der Waals surface area contributed by atoms with Crippen LogP contribution in [0.25, 0.3) is 5.69 Å². The van der Waals surface area contributed by atoms with Gasteiger partial charge in [0.1, 0.15) is 19.0 Å². The first-order chi connectivity index (χ1) is 13.7. The minimum absolute atomic E-state index is 0.0633. The number of benzene rings is 2. The molecule has 0 saturated heterocycles. The lowest BCUT2D eigenvalue weighted by atomic mass is 10.2. The average molecular weight is 396 g/mol. The molecule has 1 aliphatic heterocycles. The minimum atomic E-state index is -0.0633. The lowest BCUT2D eigenvalue weighted by molar-refractivity contribution is -0.115. The van der Waals surface area contributed by atoms with Gasteiger partial charge in [0.15, 0.2) is 16.7 Å². The Hall–Kier alpha value is -3.00. The molecule has 0 spiro atoms. The quantitative estimate of drug-likeness (QED) is 0.643. The summed E-state index contributed by atoms with van der Waals surface area (Å²) in [6.07, 6.45) is 0.361. The van der Waals surface area contributed by atoms with E-state index < -0.39 is 0 Å². The van der Waals surface area contributed by atoms with Crippen LogP contribution in [0.5, 0.6) is 11.5 Å². The Balaban J connectivity index is 1.34. The van der Waals surface area contributed by atoms with Crippen molar-refractivity contribution in [3.8, 4) is 17.2 Å². The molecule has 0 fully saturated rings. The second kappa shape index (κ2) is 8.35. The molecular formula is C20H20N4O3S. The van der Waals surface area contributed by atoms with Crippen LogP contribution in [-0.2, 0) is 4.79 Å². The van der Waals surface area contributed by atoms with Gasteiger partial charge in [0.05, 0.1) is 0 Å². The summed E-state index contributed by atoms with van der Waals surface area (Å²) in [5.74, 6) is 2.71. The van der Waals surface area contributed by atoms with E-state index in [1.54, 1.807) is 6.07 Å². The number of thioether (sulfide) groups is 1. The third-order valence-electron chi connectivity index (χ3n) is 4.20. The number of carbonyl (C=O) groups is 1. The molecule has 0 unspecified atom stereocenters. The highest BCUT2D eigenvalue weighted by Crippen LogP contribution is 2.32. The Bertz CT molecular complexity index is 975. The van der Waals surface area contributed by atoms with Gasteiger partial charge in [-0.25, -0.2) is 0 Å². The van der Waals surface area contributed by atoms with Gasteiger partial charge in [-0.05, 0) is 31.2 Å². The third-order valence-corrected chi connectivity index (χ3v) is 5.13. The zero-order valence-electron chi connectivity index (χ0n) is 15.4. The van der Waals surface area contributed by atoms with Gasteiger partial charge in [-0.15, -0.1) is 10.2 Å². The van der Waals surface area contributed by atoms with E-state index >= 15 is 0 Å². The van der Waals surface area contributed by atoms with E-state index in [-0.39, 0.29) is 5.91 Å². The normalized spacial score (nSPS) is 12.6. The van der Waals surface area contributed by atoms with E-state index in [0.717, 1.165) is 16.7 Å². The average Bonchev–Trinajstić information content (AvgIpc) is 3.09. The highest BCUT2D eigenvalue weighted by molar-refractivity contribution is 7.99. The van der Waals surface area contributed by atoms with Crippen molar-refractivity contribution in [3.05, 3.63) is 54.4 Å². The zero-order valence-corrected chi connectivity index (χ0v) is 16.2. The van der Waals surface area contributed by atoms with Crippen molar-refractivity contribution in [1.29, 1.82) is 0 Å². The molecule has 1 aromatic heterocycles. The van der Waals surface area contributed by atoms with Crippen LogP contribution < -0.4 is 14.8 Å². The summed E-state index contributed by atoms with van der Waals surface area (Å²) in [5.41, 5.74) is 1.70. The number of ether oxygens (including phenoxy) is 2. The Kier molecular flexibility index (Phi) is 5.48. The number of aryl methyl sites for hydroxylation is 1. The number of hydrogen-bond donors (Lipinski definition) is 1. The number of anilines is 1. The lowest BCUT2D eigenvalue weighted by Gasteiger charge is -2.19. The maximum absolute atomic E-state index is 12.3. The van der Waals surface area contributed by atoms with Crippen LogP contribution >= 0.6 is 11.8 Å². The SMILES string of the molecule is Cc1nnc(SCCC(=O)Nc2ccc3c(c2)OCCO3)n1-c1ccccc1. The fraction of sp³-hybridized carbons (Fsp3) is 0.250. The van der Waals surface area contributed by atoms with Crippen molar-refractivity contribution >= 4 is 23.4 Å². The summed E-state index contributed by atoms with van der Waals surface area (Å²) in [7, 11) is 0. The number of amides is 1. The van der Waals surface area contributed by atoms with E-state index in [0.29, 0.717) is 42.6 Å². The summed E-state index contributed by atoms with van der Waals surface area (Å²) in [5, 5.41) is 12.1. The first kappa shape index (κ1) is 18.4. The molecule has 7 nitrogen and oxygen atoms in total. The van der Waals surface area contributed by atoms with E-state index in [4.69, 9.17) is 9.47 Å². The molecule has 8 heteroatoms. The largest absolute Gasteiger partial charge is 0.486 e. The number of aromatic nitrogens is 3. The van der Waals surface area contributed by atoms with Gasteiger partial charge >= 0.3 is 0 Å². The van der Waals surface area contributed by atoms with Crippen molar-refractivity contribution in [1.82, 2.24) is 14.8 Å². The van der Waals surface area contributed by atoms with Crippen LogP contribution in [0.1, 0.15) is 12.2 Å². The van der Waals surface area contributed by atoms with E-state index in [1.807, 2.05) is 54.0 Å². The zero-order chi connectivity index (χ0) is 19.3. The summed E-state index contributed by atoms with van der Waals surface area (Å²) in [4.78, 5) is 12.3. The standard InChI is InChI=1S/C20H20N4O3S/c1-14-22-23-20(24(14)16-5-3-2-4-6-16)28-12-9-19(25)21-15-7-8-17-18(13-15)27-11-10-26-17/h2-8,13H,9-12H2,1H3,(H,21,25). The minimum Gasteiger partial charge on any atom is -0.486 e. The Morgan fingerprint density at radius 2 is 1.89 bits per heavy atom. The molecular weight excluding hydrogens is 376 g/mol. The number of hydrogen-bond acceptors (Lipinski definition) is 6. The second-order valence-electron chi connectivity index (χ2n) is 6.21. The molecule has 144 valence electrons. The van der Waals surface area contributed by atoms with Crippen LogP contribution in [0, 0.1) is 6.92 Å². The fourth-order valence-corrected chi connectivity index (χ4v) is 3.83. The van der Waals surface area contributed by atoms with Gasteiger partial charge in [0.25, 0.3) is 0 Å². The first-order valence-electron chi connectivity index (χ1n) is 9.00. The van der Waals surface area contributed by atoms with Crippen LogP contribution in [0.3, 0.4) is 0 Å². The number of rotatable bonds is 6. The van der Waals surface area contributed by atoms with Gasteiger partial charge < -0.3 is 14.8 Å². The predicted octanol–water partition coefficient (Wildman–Crippen LogP) is 3.47. The molecule has 0 atom stereocenters. The lowest BCUT2D eigenvalue weighted by Crippen LogP contribution is -2.16. The maximum Gasteiger partial charge on any atom is 0.225 e.